The lowest BCUT2D eigenvalue weighted by Crippen LogP contribution is -2.41. The second kappa shape index (κ2) is 9.79. The van der Waals surface area contributed by atoms with Gasteiger partial charge in [-0.15, -0.1) is 0 Å². The number of carbonyl (C=O) groups is 2. The Morgan fingerprint density at radius 2 is 1.84 bits per heavy atom. The van der Waals surface area contributed by atoms with E-state index < -0.39 is 5.97 Å². The molecular formula is C25H26O6. The average molecular weight is 422 g/mol. The molecule has 0 spiro atoms. The normalized spacial score (nSPS) is 22.7. The molecule has 0 aromatic heterocycles. The van der Waals surface area contributed by atoms with Gasteiger partial charge in [-0.3, -0.25) is 4.79 Å². The molecule has 0 amide bonds. The lowest BCUT2D eigenvalue weighted by molar-refractivity contribution is -0.155. The van der Waals surface area contributed by atoms with Crippen LogP contribution in [0.3, 0.4) is 0 Å². The van der Waals surface area contributed by atoms with Crippen molar-refractivity contribution in [2.75, 3.05) is 13.7 Å². The Morgan fingerprint density at radius 1 is 1.06 bits per heavy atom. The standard InChI is InChI=1S/C25H26O6/c1-28-22-10-6-5-9-19(22)21-15-30-23-13-18(11-12-20(23)25(21)27)29-16-24(26)31-14-17-7-3-2-4-8-17/h2-10,15,18,20,23H,11-14,16H2,1H3. The summed E-state index contributed by atoms with van der Waals surface area (Å²) < 4.78 is 22.3. The van der Waals surface area contributed by atoms with Gasteiger partial charge in [-0.05, 0) is 24.5 Å². The summed E-state index contributed by atoms with van der Waals surface area (Å²) in [5.74, 6) is 0.108. The Morgan fingerprint density at radius 3 is 2.65 bits per heavy atom. The molecule has 1 saturated carbocycles. The monoisotopic (exact) mass is 422 g/mol. The second-order valence-corrected chi connectivity index (χ2v) is 7.77. The average Bonchev–Trinajstić information content (AvgIpc) is 2.82. The van der Waals surface area contributed by atoms with Crippen molar-refractivity contribution in [1.29, 1.82) is 0 Å². The highest BCUT2D eigenvalue weighted by Crippen LogP contribution is 2.39. The van der Waals surface area contributed by atoms with E-state index in [0.717, 1.165) is 11.1 Å². The van der Waals surface area contributed by atoms with Crippen molar-refractivity contribution in [1.82, 2.24) is 0 Å². The molecule has 0 N–H and O–H groups in total. The molecule has 31 heavy (non-hydrogen) atoms. The number of allylic oxidation sites excluding steroid dienone is 1. The zero-order valence-corrected chi connectivity index (χ0v) is 17.5. The molecule has 162 valence electrons. The Kier molecular flexibility index (Phi) is 6.67. The van der Waals surface area contributed by atoms with Gasteiger partial charge in [0.05, 0.1) is 31.0 Å². The minimum Gasteiger partial charge on any atom is -0.496 e. The van der Waals surface area contributed by atoms with E-state index in [1.54, 1.807) is 7.11 Å². The summed E-state index contributed by atoms with van der Waals surface area (Å²) in [6.07, 6.45) is 3.07. The smallest absolute Gasteiger partial charge is 0.332 e. The van der Waals surface area contributed by atoms with Gasteiger partial charge >= 0.3 is 5.97 Å². The van der Waals surface area contributed by atoms with E-state index >= 15 is 0 Å². The van der Waals surface area contributed by atoms with Crippen molar-refractivity contribution in [3.05, 3.63) is 72.0 Å². The van der Waals surface area contributed by atoms with E-state index in [1.807, 2.05) is 54.6 Å². The topological polar surface area (TPSA) is 71.1 Å². The Balaban J connectivity index is 1.30. The van der Waals surface area contributed by atoms with Crippen LogP contribution in [-0.4, -0.2) is 37.7 Å². The zero-order valence-electron chi connectivity index (χ0n) is 17.5. The molecule has 3 atom stereocenters. The van der Waals surface area contributed by atoms with Crippen molar-refractivity contribution in [2.24, 2.45) is 5.92 Å². The zero-order chi connectivity index (χ0) is 21.6. The lowest BCUT2D eigenvalue weighted by atomic mass is 9.77. The summed E-state index contributed by atoms with van der Waals surface area (Å²) in [5, 5.41) is 0. The van der Waals surface area contributed by atoms with Gasteiger partial charge < -0.3 is 18.9 Å². The van der Waals surface area contributed by atoms with Crippen LogP contribution in [0.5, 0.6) is 5.75 Å². The first-order valence-corrected chi connectivity index (χ1v) is 10.5. The van der Waals surface area contributed by atoms with Gasteiger partial charge in [-0.2, -0.15) is 0 Å². The van der Waals surface area contributed by atoms with Crippen molar-refractivity contribution in [3.8, 4) is 5.75 Å². The molecule has 1 aliphatic heterocycles. The number of benzene rings is 2. The van der Waals surface area contributed by atoms with Crippen LogP contribution in [0.25, 0.3) is 5.57 Å². The Labute approximate surface area is 181 Å². The van der Waals surface area contributed by atoms with Crippen LogP contribution in [-0.2, 0) is 30.4 Å². The number of esters is 1. The molecular weight excluding hydrogens is 396 g/mol. The van der Waals surface area contributed by atoms with E-state index in [1.165, 1.54) is 6.26 Å². The second-order valence-electron chi connectivity index (χ2n) is 7.77. The first-order valence-electron chi connectivity index (χ1n) is 10.5. The maximum atomic E-state index is 13.1. The van der Waals surface area contributed by atoms with Gasteiger partial charge in [0.2, 0.25) is 0 Å². The third kappa shape index (κ3) is 4.97. The number of para-hydroxylation sites is 1. The summed E-state index contributed by atoms with van der Waals surface area (Å²) >= 11 is 0. The number of hydrogen-bond acceptors (Lipinski definition) is 6. The number of hydrogen-bond donors (Lipinski definition) is 0. The fourth-order valence-corrected chi connectivity index (χ4v) is 4.14. The van der Waals surface area contributed by atoms with Gasteiger partial charge in [0.25, 0.3) is 0 Å². The molecule has 0 bridgehead atoms. The summed E-state index contributed by atoms with van der Waals surface area (Å²) in [6.45, 7) is 0.123. The van der Waals surface area contributed by atoms with Crippen LogP contribution in [0.15, 0.2) is 60.9 Å². The van der Waals surface area contributed by atoms with Gasteiger partial charge in [0.1, 0.15) is 25.1 Å². The summed E-state index contributed by atoms with van der Waals surface area (Å²) in [7, 11) is 1.59. The predicted octanol–water partition coefficient (Wildman–Crippen LogP) is 3.93. The van der Waals surface area contributed by atoms with E-state index in [9.17, 15) is 9.59 Å². The fraction of sp³-hybridized carbons (Fsp3) is 0.360. The number of ether oxygens (including phenoxy) is 4. The van der Waals surface area contributed by atoms with Crippen molar-refractivity contribution in [2.45, 2.75) is 38.1 Å². The quantitative estimate of drug-likeness (QED) is 0.630. The van der Waals surface area contributed by atoms with Gasteiger partial charge in [-0.25, -0.2) is 4.79 Å². The third-order valence-electron chi connectivity index (χ3n) is 5.78. The van der Waals surface area contributed by atoms with Crippen molar-refractivity contribution < 1.29 is 28.5 Å². The molecule has 2 aliphatic rings. The molecule has 1 aliphatic carbocycles. The molecule has 1 heterocycles. The first-order chi connectivity index (χ1) is 15.2. The van der Waals surface area contributed by atoms with Crippen LogP contribution in [0.1, 0.15) is 30.4 Å². The summed E-state index contributed by atoms with van der Waals surface area (Å²) in [5.41, 5.74) is 2.22. The summed E-state index contributed by atoms with van der Waals surface area (Å²) in [4.78, 5) is 25.1. The van der Waals surface area contributed by atoms with E-state index in [-0.39, 0.29) is 37.1 Å². The number of Topliss-reactive ketones (excluding diaryl/α,β-unsaturated/α-hetero) is 1. The number of ketones is 1. The molecule has 6 nitrogen and oxygen atoms in total. The highest BCUT2D eigenvalue weighted by atomic mass is 16.6. The predicted molar refractivity (Wildman–Crippen MR) is 114 cm³/mol. The van der Waals surface area contributed by atoms with Crippen molar-refractivity contribution >= 4 is 17.3 Å². The Hall–Kier alpha value is -3.12. The van der Waals surface area contributed by atoms with E-state index in [2.05, 4.69) is 0 Å². The van der Waals surface area contributed by atoms with Crippen LogP contribution in [0.4, 0.5) is 0 Å². The molecule has 0 saturated heterocycles. The van der Waals surface area contributed by atoms with Crippen molar-refractivity contribution in [3.63, 3.8) is 0 Å². The van der Waals surface area contributed by atoms with E-state index in [4.69, 9.17) is 18.9 Å². The third-order valence-corrected chi connectivity index (χ3v) is 5.78. The number of rotatable bonds is 7. The van der Waals surface area contributed by atoms with Crippen LogP contribution >= 0.6 is 0 Å². The minimum atomic E-state index is -0.398. The van der Waals surface area contributed by atoms with E-state index in [0.29, 0.717) is 30.6 Å². The van der Waals surface area contributed by atoms with Crippen LogP contribution < -0.4 is 4.74 Å². The molecule has 2 aromatic carbocycles. The highest BCUT2D eigenvalue weighted by molar-refractivity contribution is 6.22. The SMILES string of the molecule is COc1ccccc1C1=COC2CC(OCC(=O)OCc3ccccc3)CCC2C1=O. The number of fused-ring (bicyclic) bond motifs is 1. The first kappa shape index (κ1) is 21.1. The molecule has 0 radical (unpaired) electrons. The largest absolute Gasteiger partial charge is 0.496 e. The van der Waals surface area contributed by atoms with Gasteiger partial charge in [-0.1, -0.05) is 48.5 Å². The van der Waals surface area contributed by atoms with Gasteiger partial charge in [0, 0.05) is 12.0 Å². The number of methoxy groups -OCH3 is 1. The lowest BCUT2D eigenvalue weighted by Gasteiger charge is -2.37. The highest BCUT2D eigenvalue weighted by Gasteiger charge is 2.41. The number of carbonyl (C=O) groups excluding carboxylic acids is 2. The molecule has 6 heteroatoms. The minimum absolute atomic E-state index is 0.0708. The maximum absolute atomic E-state index is 13.1. The van der Waals surface area contributed by atoms with Crippen LogP contribution in [0, 0.1) is 5.92 Å². The summed E-state index contributed by atoms with van der Waals surface area (Å²) in [6, 6.07) is 17.0. The van der Waals surface area contributed by atoms with Gasteiger partial charge in [0.15, 0.2) is 5.78 Å². The fourth-order valence-electron chi connectivity index (χ4n) is 4.14. The molecule has 1 fully saturated rings. The molecule has 3 unspecified atom stereocenters. The molecule has 2 aromatic rings. The molecule has 4 rings (SSSR count). The van der Waals surface area contributed by atoms with Crippen LogP contribution in [0.2, 0.25) is 0 Å². The Bertz CT molecular complexity index is 951. The maximum Gasteiger partial charge on any atom is 0.332 e.